The van der Waals surface area contributed by atoms with Crippen molar-refractivity contribution < 1.29 is 5.11 Å². The Kier molecular flexibility index (Phi) is 4.40. The Bertz CT molecular complexity index is 348. The summed E-state index contributed by atoms with van der Waals surface area (Å²) in [7, 11) is 1.97. The van der Waals surface area contributed by atoms with Crippen LogP contribution < -0.4 is 5.32 Å². The number of piperidine rings is 1. The van der Waals surface area contributed by atoms with Crippen LogP contribution in [-0.2, 0) is 0 Å². The Labute approximate surface area is 103 Å². The van der Waals surface area contributed by atoms with E-state index in [2.05, 4.69) is 10.2 Å². The molecule has 1 atom stereocenters. The van der Waals surface area contributed by atoms with Gasteiger partial charge in [0.25, 0.3) is 0 Å². The summed E-state index contributed by atoms with van der Waals surface area (Å²) in [6.45, 7) is 3.17. The third kappa shape index (κ3) is 2.99. The summed E-state index contributed by atoms with van der Waals surface area (Å²) in [5.74, 6) is 0.415. The average molecular weight is 234 g/mol. The number of nitrogens with one attached hydrogen (secondary N) is 1. The highest BCUT2D eigenvalue weighted by molar-refractivity contribution is 5.34. The third-order valence-corrected chi connectivity index (χ3v) is 3.52. The maximum absolute atomic E-state index is 9.98. The Balaban J connectivity index is 2.18. The van der Waals surface area contributed by atoms with Crippen molar-refractivity contribution in [1.82, 2.24) is 10.2 Å². The number of para-hydroxylation sites is 1. The molecular formula is C14H22N2O. The second kappa shape index (κ2) is 6.03. The molecule has 0 bridgehead atoms. The zero-order valence-electron chi connectivity index (χ0n) is 10.5. The monoisotopic (exact) mass is 234 g/mol. The molecule has 3 heteroatoms. The summed E-state index contributed by atoms with van der Waals surface area (Å²) in [5, 5.41) is 13.2. The molecule has 3 nitrogen and oxygen atoms in total. The van der Waals surface area contributed by atoms with E-state index < -0.39 is 0 Å². The van der Waals surface area contributed by atoms with E-state index in [4.69, 9.17) is 0 Å². The quantitative estimate of drug-likeness (QED) is 0.838. The first-order chi connectivity index (χ1) is 8.33. The predicted molar refractivity (Wildman–Crippen MR) is 70.2 cm³/mol. The number of phenolic OH excluding ortho intramolecular Hbond substituents is 1. The van der Waals surface area contributed by atoms with Gasteiger partial charge in [-0.2, -0.15) is 0 Å². The lowest BCUT2D eigenvalue weighted by atomic mass is 10.0. The van der Waals surface area contributed by atoms with Gasteiger partial charge < -0.3 is 10.4 Å². The molecule has 0 spiro atoms. The SMILES string of the molecule is CNCC(c1ccccc1O)N1CCCCC1. The zero-order chi connectivity index (χ0) is 12.1. The van der Waals surface area contributed by atoms with Gasteiger partial charge in [0.15, 0.2) is 0 Å². The summed E-state index contributed by atoms with van der Waals surface area (Å²) in [5.41, 5.74) is 1.05. The summed E-state index contributed by atoms with van der Waals surface area (Å²) < 4.78 is 0. The van der Waals surface area contributed by atoms with E-state index in [1.165, 1.54) is 19.3 Å². The van der Waals surface area contributed by atoms with Gasteiger partial charge in [-0.3, -0.25) is 4.90 Å². The molecule has 1 saturated heterocycles. The molecule has 1 aliphatic heterocycles. The van der Waals surface area contributed by atoms with Crippen LogP contribution in [-0.4, -0.2) is 36.7 Å². The molecule has 1 heterocycles. The van der Waals surface area contributed by atoms with E-state index in [0.29, 0.717) is 11.8 Å². The molecule has 17 heavy (non-hydrogen) atoms. The maximum atomic E-state index is 9.98. The third-order valence-electron chi connectivity index (χ3n) is 3.52. The summed E-state index contributed by atoms with van der Waals surface area (Å²) in [6.07, 6.45) is 3.88. The van der Waals surface area contributed by atoms with Crippen molar-refractivity contribution in [2.75, 3.05) is 26.7 Å². The number of hydrogen-bond donors (Lipinski definition) is 2. The van der Waals surface area contributed by atoms with Gasteiger partial charge in [0, 0.05) is 12.1 Å². The summed E-state index contributed by atoms with van der Waals surface area (Å²) in [4.78, 5) is 2.48. The summed E-state index contributed by atoms with van der Waals surface area (Å²) >= 11 is 0. The molecule has 0 aliphatic carbocycles. The lowest BCUT2D eigenvalue weighted by molar-refractivity contribution is 0.160. The Morgan fingerprint density at radius 2 is 1.94 bits per heavy atom. The molecule has 0 saturated carbocycles. The fourth-order valence-electron chi connectivity index (χ4n) is 2.63. The first kappa shape index (κ1) is 12.4. The number of likely N-dealkylation sites (N-methyl/N-ethyl adjacent to an activating group) is 1. The van der Waals surface area contributed by atoms with Gasteiger partial charge in [-0.05, 0) is 39.0 Å². The van der Waals surface area contributed by atoms with Gasteiger partial charge >= 0.3 is 0 Å². The van der Waals surface area contributed by atoms with Crippen molar-refractivity contribution in [3.8, 4) is 5.75 Å². The summed E-state index contributed by atoms with van der Waals surface area (Å²) in [6, 6.07) is 7.99. The Morgan fingerprint density at radius 1 is 1.24 bits per heavy atom. The molecular weight excluding hydrogens is 212 g/mol. The minimum atomic E-state index is 0.293. The average Bonchev–Trinajstić information content (AvgIpc) is 2.38. The van der Waals surface area contributed by atoms with Crippen LogP contribution in [0.3, 0.4) is 0 Å². The molecule has 94 valence electrons. The van der Waals surface area contributed by atoms with E-state index in [9.17, 15) is 5.11 Å². The van der Waals surface area contributed by atoms with Gasteiger partial charge in [-0.1, -0.05) is 24.6 Å². The van der Waals surface area contributed by atoms with E-state index in [0.717, 1.165) is 25.2 Å². The first-order valence-electron chi connectivity index (χ1n) is 6.49. The fourth-order valence-corrected chi connectivity index (χ4v) is 2.63. The van der Waals surface area contributed by atoms with E-state index in [1.807, 2.05) is 25.2 Å². The van der Waals surface area contributed by atoms with Crippen molar-refractivity contribution in [2.24, 2.45) is 0 Å². The first-order valence-corrected chi connectivity index (χ1v) is 6.49. The molecule has 0 amide bonds. The number of phenols is 1. The van der Waals surface area contributed by atoms with Crippen LogP contribution in [0.15, 0.2) is 24.3 Å². The van der Waals surface area contributed by atoms with Gasteiger partial charge in [0.2, 0.25) is 0 Å². The lowest BCUT2D eigenvalue weighted by Gasteiger charge is -2.35. The highest BCUT2D eigenvalue weighted by atomic mass is 16.3. The number of benzene rings is 1. The fraction of sp³-hybridized carbons (Fsp3) is 0.571. The van der Waals surface area contributed by atoms with Crippen LogP contribution >= 0.6 is 0 Å². The molecule has 1 unspecified atom stereocenters. The van der Waals surface area contributed by atoms with Gasteiger partial charge in [-0.25, -0.2) is 0 Å². The minimum absolute atomic E-state index is 0.293. The minimum Gasteiger partial charge on any atom is -0.508 e. The van der Waals surface area contributed by atoms with Crippen molar-refractivity contribution in [3.05, 3.63) is 29.8 Å². The van der Waals surface area contributed by atoms with Crippen molar-refractivity contribution in [3.63, 3.8) is 0 Å². The van der Waals surface area contributed by atoms with Crippen molar-refractivity contribution in [2.45, 2.75) is 25.3 Å². The van der Waals surface area contributed by atoms with Crippen molar-refractivity contribution >= 4 is 0 Å². The second-order valence-corrected chi connectivity index (χ2v) is 4.73. The van der Waals surface area contributed by atoms with Crippen LogP contribution in [0.2, 0.25) is 0 Å². The molecule has 0 aromatic heterocycles. The van der Waals surface area contributed by atoms with E-state index in [1.54, 1.807) is 6.07 Å². The molecule has 2 N–H and O–H groups in total. The number of rotatable bonds is 4. The second-order valence-electron chi connectivity index (χ2n) is 4.73. The number of likely N-dealkylation sites (tertiary alicyclic amines) is 1. The molecule has 1 aromatic carbocycles. The van der Waals surface area contributed by atoms with Crippen molar-refractivity contribution in [1.29, 1.82) is 0 Å². The predicted octanol–water partition coefficient (Wildman–Crippen LogP) is 2.14. The highest BCUT2D eigenvalue weighted by Crippen LogP contribution is 2.29. The van der Waals surface area contributed by atoms with Gasteiger partial charge in [0.05, 0.1) is 6.04 Å². The molecule has 0 radical (unpaired) electrons. The Morgan fingerprint density at radius 3 is 2.59 bits per heavy atom. The van der Waals surface area contributed by atoms with Crippen LogP contribution in [0.1, 0.15) is 30.9 Å². The van der Waals surface area contributed by atoms with Crippen LogP contribution in [0.4, 0.5) is 0 Å². The molecule has 1 fully saturated rings. The standard InChI is InChI=1S/C14H22N2O/c1-15-11-13(16-9-5-2-6-10-16)12-7-3-4-8-14(12)17/h3-4,7-8,13,15,17H,2,5-6,9-11H2,1H3. The topological polar surface area (TPSA) is 35.5 Å². The highest BCUT2D eigenvalue weighted by Gasteiger charge is 2.23. The molecule has 2 rings (SSSR count). The lowest BCUT2D eigenvalue weighted by Crippen LogP contribution is -2.38. The number of nitrogens with zero attached hydrogens (tertiary/aromatic N) is 1. The van der Waals surface area contributed by atoms with Gasteiger partial charge in [0.1, 0.15) is 5.75 Å². The van der Waals surface area contributed by atoms with Crippen LogP contribution in [0.25, 0.3) is 0 Å². The number of hydrogen-bond acceptors (Lipinski definition) is 3. The van der Waals surface area contributed by atoms with E-state index >= 15 is 0 Å². The van der Waals surface area contributed by atoms with Gasteiger partial charge in [-0.15, -0.1) is 0 Å². The van der Waals surface area contributed by atoms with Crippen LogP contribution in [0, 0.1) is 0 Å². The normalized spacial score (nSPS) is 19.1. The smallest absolute Gasteiger partial charge is 0.120 e. The Hall–Kier alpha value is -1.06. The van der Waals surface area contributed by atoms with Crippen LogP contribution in [0.5, 0.6) is 5.75 Å². The molecule has 1 aliphatic rings. The molecule has 1 aromatic rings. The largest absolute Gasteiger partial charge is 0.508 e. The maximum Gasteiger partial charge on any atom is 0.120 e. The van der Waals surface area contributed by atoms with E-state index in [-0.39, 0.29) is 0 Å². The zero-order valence-corrected chi connectivity index (χ0v) is 10.5. The number of aromatic hydroxyl groups is 1.